The van der Waals surface area contributed by atoms with E-state index < -0.39 is 11.6 Å². The molecule has 0 amide bonds. The van der Waals surface area contributed by atoms with Gasteiger partial charge in [0.1, 0.15) is 23.3 Å². The van der Waals surface area contributed by atoms with Gasteiger partial charge in [-0.25, -0.2) is 18.2 Å². The highest BCUT2D eigenvalue weighted by molar-refractivity contribution is 5.58. The zero-order chi connectivity index (χ0) is 18.5. The van der Waals surface area contributed by atoms with Crippen LogP contribution in [-0.4, -0.2) is 16.5 Å². The summed E-state index contributed by atoms with van der Waals surface area (Å²) in [6, 6.07) is 11.2. The number of halogens is 3. The Hall–Kier alpha value is -3.09. The number of nitrogens with zero attached hydrogens (tertiary/aromatic N) is 2. The zero-order valence-corrected chi connectivity index (χ0v) is 14.1. The Bertz CT molecular complexity index is 898. The molecule has 4 nitrogen and oxygen atoms in total. The highest BCUT2D eigenvalue weighted by Gasteiger charge is 2.07. The van der Waals surface area contributed by atoms with Crippen molar-refractivity contribution in [2.45, 2.75) is 13.3 Å². The first kappa shape index (κ1) is 17.7. The fourth-order valence-corrected chi connectivity index (χ4v) is 2.41. The molecule has 26 heavy (non-hydrogen) atoms. The summed E-state index contributed by atoms with van der Waals surface area (Å²) in [5.74, 6) is -0.834. The lowest BCUT2D eigenvalue weighted by Gasteiger charge is -2.10. The Morgan fingerprint density at radius 1 is 0.885 bits per heavy atom. The zero-order valence-electron chi connectivity index (χ0n) is 14.1. The number of nitrogens with one attached hydrogen (secondary N) is 2. The topological polar surface area (TPSA) is 49.8 Å². The van der Waals surface area contributed by atoms with Gasteiger partial charge >= 0.3 is 0 Å². The fourth-order valence-electron chi connectivity index (χ4n) is 2.41. The first-order chi connectivity index (χ1) is 12.5. The van der Waals surface area contributed by atoms with Gasteiger partial charge in [-0.2, -0.15) is 4.98 Å². The second kappa shape index (κ2) is 7.86. The Kier molecular flexibility index (Phi) is 5.36. The molecule has 2 aromatic carbocycles. The Labute approximate surface area is 149 Å². The van der Waals surface area contributed by atoms with Crippen molar-refractivity contribution in [3.8, 4) is 0 Å². The SMILES string of the molecule is Cc1cc(Nc2ccc(F)cc2F)nc(NCCc2ccc(F)cc2)n1. The number of hydrogen-bond acceptors (Lipinski definition) is 4. The molecule has 0 spiro atoms. The lowest BCUT2D eigenvalue weighted by atomic mass is 10.1. The number of anilines is 3. The van der Waals surface area contributed by atoms with Crippen LogP contribution in [0.4, 0.5) is 30.6 Å². The van der Waals surface area contributed by atoms with Gasteiger partial charge in [-0.05, 0) is 43.2 Å². The van der Waals surface area contributed by atoms with Crippen LogP contribution >= 0.6 is 0 Å². The number of rotatable bonds is 6. The van der Waals surface area contributed by atoms with E-state index in [-0.39, 0.29) is 11.5 Å². The van der Waals surface area contributed by atoms with Crippen LogP contribution in [0.1, 0.15) is 11.3 Å². The smallest absolute Gasteiger partial charge is 0.224 e. The molecule has 0 aliphatic carbocycles. The number of hydrogen-bond donors (Lipinski definition) is 2. The van der Waals surface area contributed by atoms with Crippen molar-refractivity contribution in [2.75, 3.05) is 17.2 Å². The van der Waals surface area contributed by atoms with Crippen molar-refractivity contribution in [2.24, 2.45) is 0 Å². The van der Waals surface area contributed by atoms with Crippen LogP contribution in [-0.2, 0) is 6.42 Å². The summed E-state index contributed by atoms with van der Waals surface area (Å²) in [7, 11) is 0. The minimum absolute atomic E-state index is 0.127. The first-order valence-corrected chi connectivity index (χ1v) is 8.06. The first-order valence-electron chi connectivity index (χ1n) is 8.06. The molecule has 3 aromatic rings. The van der Waals surface area contributed by atoms with E-state index in [2.05, 4.69) is 20.6 Å². The molecule has 134 valence electrons. The number of aromatic nitrogens is 2. The van der Waals surface area contributed by atoms with Crippen LogP contribution in [0.25, 0.3) is 0 Å². The maximum absolute atomic E-state index is 13.8. The molecule has 7 heteroatoms. The van der Waals surface area contributed by atoms with Gasteiger partial charge in [-0.3, -0.25) is 0 Å². The Morgan fingerprint density at radius 3 is 2.35 bits per heavy atom. The van der Waals surface area contributed by atoms with Crippen molar-refractivity contribution in [1.82, 2.24) is 9.97 Å². The molecule has 3 rings (SSSR count). The predicted molar refractivity (Wildman–Crippen MR) is 95.0 cm³/mol. The van der Waals surface area contributed by atoms with E-state index in [1.807, 2.05) is 0 Å². The normalized spacial score (nSPS) is 10.6. The van der Waals surface area contributed by atoms with Crippen LogP contribution in [0.2, 0.25) is 0 Å². The average Bonchev–Trinajstić information content (AvgIpc) is 2.59. The van der Waals surface area contributed by atoms with Gasteiger partial charge in [0.25, 0.3) is 0 Å². The fraction of sp³-hybridized carbons (Fsp3) is 0.158. The van der Waals surface area contributed by atoms with Crippen LogP contribution < -0.4 is 10.6 Å². The molecule has 0 saturated heterocycles. The summed E-state index contributed by atoms with van der Waals surface area (Å²) in [4.78, 5) is 8.57. The monoisotopic (exact) mass is 358 g/mol. The molecule has 1 aromatic heterocycles. The summed E-state index contributed by atoms with van der Waals surface area (Å²) in [5, 5.41) is 5.91. The van der Waals surface area contributed by atoms with Gasteiger partial charge in [0.2, 0.25) is 5.95 Å². The van der Waals surface area contributed by atoms with Crippen LogP contribution in [0.5, 0.6) is 0 Å². The Balaban J connectivity index is 1.66. The van der Waals surface area contributed by atoms with E-state index in [4.69, 9.17) is 0 Å². The minimum Gasteiger partial charge on any atom is -0.354 e. The second-order valence-electron chi connectivity index (χ2n) is 5.77. The highest BCUT2D eigenvalue weighted by Crippen LogP contribution is 2.20. The minimum atomic E-state index is -0.702. The van der Waals surface area contributed by atoms with Crippen molar-refractivity contribution in [3.05, 3.63) is 77.2 Å². The standard InChI is InChI=1S/C19H17F3N4/c1-12-10-18(25-17-7-6-15(21)11-16(17)22)26-19(24-12)23-9-8-13-2-4-14(20)5-3-13/h2-7,10-11H,8-9H2,1H3,(H2,23,24,25,26). The molecule has 2 N–H and O–H groups in total. The summed E-state index contributed by atoms with van der Waals surface area (Å²) < 4.78 is 39.7. The van der Waals surface area contributed by atoms with Crippen LogP contribution in [0.3, 0.4) is 0 Å². The molecule has 0 aliphatic heterocycles. The molecule has 1 heterocycles. The molecule has 0 aliphatic rings. The second-order valence-corrected chi connectivity index (χ2v) is 5.77. The molecule has 0 radical (unpaired) electrons. The maximum atomic E-state index is 13.8. The van der Waals surface area contributed by atoms with Crippen molar-refractivity contribution < 1.29 is 13.2 Å². The number of benzene rings is 2. The van der Waals surface area contributed by atoms with Crippen LogP contribution in [0.15, 0.2) is 48.5 Å². The van der Waals surface area contributed by atoms with E-state index in [0.29, 0.717) is 30.4 Å². The molecular formula is C19H17F3N4. The molecule has 0 saturated carbocycles. The molecular weight excluding hydrogens is 341 g/mol. The van der Waals surface area contributed by atoms with E-state index in [1.54, 1.807) is 25.1 Å². The average molecular weight is 358 g/mol. The van der Waals surface area contributed by atoms with Gasteiger partial charge in [-0.1, -0.05) is 12.1 Å². The van der Waals surface area contributed by atoms with Crippen LogP contribution in [0, 0.1) is 24.4 Å². The van der Waals surface area contributed by atoms with Gasteiger partial charge in [0, 0.05) is 24.4 Å². The summed E-state index contributed by atoms with van der Waals surface area (Å²) in [6.45, 7) is 2.35. The summed E-state index contributed by atoms with van der Waals surface area (Å²) >= 11 is 0. The van der Waals surface area contributed by atoms with E-state index in [1.165, 1.54) is 24.3 Å². The summed E-state index contributed by atoms with van der Waals surface area (Å²) in [6.07, 6.45) is 0.674. The van der Waals surface area contributed by atoms with Gasteiger partial charge in [0.15, 0.2) is 0 Å². The van der Waals surface area contributed by atoms with Gasteiger partial charge < -0.3 is 10.6 Å². The van der Waals surface area contributed by atoms with E-state index >= 15 is 0 Å². The third-order valence-electron chi connectivity index (χ3n) is 3.66. The van der Waals surface area contributed by atoms with Gasteiger partial charge in [0.05, 0.1) is 5.69 Å². The van der Waals surface area contributed by atoms with Crippen molar-refractivity contribution in [3.63, 3.8) is 0 Å². The molecule has 0 fully saturated rings. The molecule has 0 unspecified atom stereocenters. The van der Waals surface area contributed by atoms with Crippen molar-refractivity contribution in [1.29, 1.82) is 0 Å². The lowest BCUT2D eigenvalue weighted by molar-refractivity contribution is 0.586. The largest absolute Gasteiger partial charge is 0.354 e. The third kappa shape index (κ3) is 4.72. The van der Waals surface area contributed by atoms with Crippen molar-refractivity contribution >= 4 is 17.5 Å². The Morgan fingerprint density at radius 2 is 1.62 bits per heavy atom. The maximum Gasteiger partial charge on any atom is 0.224 e. The number of aryl methyl sites for hydroxylation is 1. The predicted octanol–water partition coefficient (Wildman–Crippen LogP) is 4.60. The molecule has 0 bridgehead atoms. The van der Waals surface area contributed by atoms with E-state index in [0.717, 1.165) is 11.6 Å². The van der Waals surface area contributed by atoms with E-state index in [9.17, 15) is 13.2 Å². The highest BCUT2D eigenvalue weighted by atomic mass is 19.1. The third-order valence-corrected chi connectivity index (χ3v) is 3.66. The molecule has 0 atom stereocenters. The van der Waals surface area contributed by atoms with Gasteiger partial charge in [-0.15, -0.1) is 0 Å². The summed E-state index contributed by atoms with van der Waals surface area (Å²) in [5.41, 5.74) is 1.80. The lowest BCUT2D eigenvalue weighted by Crippen LogP contribution is -2.10. The quantitative estimate of drug-likeness (QED) is 0.676.